The van der Waals surface area contributed by atoms with Crippen LogP contribution in [0.5, 0.6) is 0 Å². The summed E-state index contributed by atoms with van der Waals surface area (Å²) in [6, 6.07) is 0. The number of Topliss-reactive ketones (excluding diaryl/α,β-unsaturated/α-hetero) is 1. The Morgan fingerprint density at radius 2 is 1.90 bits per heavy atom. The van der Waals surface area contributed by atoms with Crippen LogP contribution in [-0.4, -0.2) is 58.1 Å². The maximum absolute atomic E-state index is 13.3. The molecule has 42 heavy (non-hydrogen) atoms. The number of aliphatic carboxylic acids is 1. The van der Waals surface area contributed by atoms with E-state index in [2.05, 4.69) is 25.6 Å². The van der Waals surface area contributed by atoms with Gasteiger partial charge in [-0.1, -0.05) is 45.8 Å². The first-order valence-corrected chi connectivity index (χ1v) is 15.0. The van der Waals surface area contributed by atoms with Crippen molar-refractivity contribution < 1.29 is 44.1 Å². The number of carboxylic acid groups (broad SMARTS) is 1. The Kier molecular flexibility index (Phi) is 11.1. The summed E-state index contributed by atoms with van der Waals surface area (Å²) in [6.07, 6.45) is 9.97. The first kappa shape index (κ1) is 33.4. The number of rotatable bonds is 11. The molecule has 8 atom stereocenters. The number of carbonyl (C=O) groups is 4. The Balaban J connectivity index is 0.000000616. The molecule has 0 heterocycles. The molecule has 0 bridgehead atoms. The van der Waals surface area contributed by atoms with E-state index in [1.165, 1.54) is 0 Å². The van der Waals surface area contributed by atoms with E-state index < -0.39 is 28.5 Å². The van der Waals surface area contributed by atoms with Gasteiger partial charge in [-0.3, -0.25) is 19.2 Å². The Bertz CT molecular complexity index is 1110. The Morgan fingerprint density at radius 1 is 1.19 bits per heavy atom. The maximum Gasteiger partial charge on any atom is 0.306 e. The molecule has 0 amide bonds. The van der Waals surface area contributed by atoms with Crippen LogP contribution in [-0.2, 0) is 28.8 Å². The largest absolute Gasteiger partial charge is 0.481 e. The van der Waals surface area contributed by atoms with Gasteiger partial charge in [0.25, 0.3) is 5.09 Å². The summed E-state index contributed by atoms with van der Waals surface area (Å²) in [5.41, 5.74) is 0.356. The topological polar surface area (TPSA) is 170 Å². The van der Waals surface area contributed by atoms with E-state index in [9.17, 15) is 34.4 Å². The van der Waals surface area contributed by atoms with Crippen LogP contribution in [0.15, 0.2) is 23.8 Å². The van der Waals surface area contributed by atoms with Gasteiger partial charge >= 0.3 is 11.9 Å². The highest BCUT2D eigenvalue weighted by Gasteiger charge is 2.64. The third-order valence-corrected chi connectivity index (χ3v) is 10.0. The molecule has 0 aliphatic heterocycles. The van der Waals surface area contributed by atoms with Crippen LogP contribution < -0.4 is 0 Å². The molecule has 4 aliphatic rings. The minimum Gasteiger partial charge on any atom is -0.481 e. The Hall–Kier alpha value is -3.08. The van der Waals surface area contributed by atoms with E-state index in [1.807, 2.05) is 13.0 Å². The molecule has 0 aromatic carbocycles. The van der Waals surface area contributed by atoms with Crippen molar-refractivity contribution >= 4 is 23.5 Å². The zero-order valence-corrected chi connectivity index (χ0v) is 25.1. The van der Waals surface area contributed by atoms with Gasteiger partial charge in [-0.15, -0.1) is 10.1 Å². The second-order valence-corrected chi connectivity index (χ2v) is 12.8. The highest BCUT2D eigenvalue weighted by Crippen LogP contribution is 2.67. The molecule has 0 spiro atoms. The van der Waals surface area contributed by atoms with Crippen LogP contribution in [0.4, 0.5) is 0 Å². The van der Waals surface area contributed by atoms with Gasteiger partial charge < -0.3 is 19.8 Å². The van der Waals surface area contributed by atoms with Crippen LogP contribution in [0, 0.1) is 50.5 Å². The predicted octanol–water partition coefficient (Wildman–Crippen LogP) is 4.49. The third kappa shape index (κ3) is 7.27. The smallest absolute Gasteiger partial charge is 0.306 e. The molecule has 0 aromatic heterocycles. The average molecular weight is 592 g/mol. The van der Waals surface area contributed by atoms with E-state index >= 15 is 0 Å². The van der Waals surface area contributed by atoms with Gasteiger partial charge in [0.05, 0.1) is 12.7 Å². The molecule has 4 aliphatic carbocycles. The lowest BCUT2D eigenvalue weighted by molar-refractivity contribution is -0.757. The van der Waals surface area contributed by atoms with Crippen LogP contribution in [0.3, 0.4) is 0 Å². The number of hydrogen-bond donors (Lipinski definition) is 2. The summed E-state index contributed by atoms with van der Waals surface area (Å²) >= 11 is 0. The SMILES string of the molecule is CC1CC2C3CCC4=CC(=O)C=CC4(C)C3C(O)CC2(C)C1C(=O)COC(=O)CCCO[N+](=O)[O-].CCCCC(=O)O. The number of carboxylic acids is 1. The number of unbranched alkanes of at least 4 members (excludes halogenated alkanes) is 1. The van der Waals surface area contributed by atoms with E-state index in [0.29, 0.717) is 12.8 Å². The normalized spacial score (nSPS) is 34.5. The lowest BCUT2D eigenvalue weighted by atomic mass is 9.46. The van der Waals surface area contributed by atoms with Gasteiger partial charge in [-0.25, -0.2) is 0 Å². The summed E-state index contributed by atoms with van der Waals surface area (Å²) < 4.78 is 5.20. The molecule has 4 rings (SSSR count). The van der Waals surface area contributed by atoms with Crippen molar-refractivity contribution in [3.05, 3.63) is 33.9 Å². The molecule has 8 unspecified atom stereocenters. The van der Waals surface area contributed by atoms with Crippen molar-refractivity contribution in [1.29, 1.82) is 0 Å². The van der Waals surface area contributed by atoms with Gasteiger partial charge in [0.2, 0.25) is 0 Å². The van der Waals surface area contributed by atoms with E-state index in [1.54, 1.807) is 12.2 Å². The number of carbonyl (C=O) groups excluding carboxylic acids is 3. The summed E-state index contributed by atoms with van der Waals surface area (Å²) in [4.78, 5) is 61.4. The first-order valence-electron chi connectivity index (χ1n) is 15.0. The fourth-order valence-corrected chi connectivity index (χ4v) is 8.38. The van der Waals surface area contributed by atoms with Crippen LogP contribution in [0.2, 0.25) is 0 Å². The molecular formula is C31H45NO10. The van der Waals surface area contributed by atoms with E-state index in [0.717, 1.165) is 37.7 Å². The number of hydrogen-bond acceptors (Lipinski definition) is 9. The molecule has 0 aromatic rings. The number of aliphatic hydroxyl groups excluding tert-OH is 1. The quantitative estimate of drug-likeness (QED) is 0.151. The fourth-order valence-electron chi connectivity index (χ4n) is 8.38. The molecule has 11 nitrogen and oxygen atoms in total. The highest BCUT2D eigenvalue weighted by molar-refractivity contribution is 6.01. The zero-order valence-electron chi connectivity index (χ0n) is 25.1. The second-order valence-electron chi connectivity index (χ2n) is 12.8. The lowest BCUT2D eigenvalue weighted by Gasteiger charge is -2.58. The minimum atomic E-state index is -0.912. The van der Waals surface area contributed by atoms with Crippen LogP contribution >= 0.6 is 0 Å². The molecule has 3 fully saturated rings. The number of fused-ring (bicyclic) bond motifs is 5. The number of nitrogens with zero attached hydrogens (tertiary/aromatic N) is 1. The Morgan fingerprint density at radius 3 is 2.52 bits per heavy atom. The number of esters is 1. The molecule has 11 heteroatoms. The zero-order chi connectivity index (χ0) is 31.2. The number of allylic oxidation sites excluding steroid dienone is 4. The van der Waals surface area contributed by atoms with Gasteiger partial charge in [-0.2, -0.15) is 0 Å². The summed E-state index contributed by atoms with van der Waals surface area (Å²) in [5, 5.41) is 28.8. The standard InChI is InChI=1S/C26H35NO8.C5H10O2/c1-15-11-19-18-7-6-16-12-17(28)8-9-25(16,2)24(18)20(29)13-26(19,3)23(15)21(30)14-34-22(31)5-4-10-35-27(32)33;1-2-3-4-5(6)7/h8-9,12,15,18-20,23-24,29H,4-7,10-11,13-14H2,1-3H3;2-4H2,1H3,(H,6,7). The lowest BCUT2D eigenvalue weighted by Crippen LogP contribution is -2.56. The molecule has 0 saturated heterocycles. The molecular weight excluding hydrogens is 546 g/mol. The fraction of sp³-hybridized carbons (Fsp3) is 0.742. The summed E-state index contributed by atoms with van der Waals surface area (Å²) in [5.74, 6) is -1.11. The van der Waals surface area contributed by atoms with Crippen molar-refractivity contribution in [2.24, 2.45) is 40.4 Å². The van der Waals surface area contributed by atoms with Gasteiger partial charge in [0.1, 0.15) is 6.61 Å². The molecule has 3 saturated carbocycles. The summed E-state index contributed by atoms with van der Waals surface area (Å²) in [6.45, 7) is 7.75. The summed E-state index contributed by atoms with van der Waals surface area (Å²) in [7, 11) is 0. The van der Waals surface area contributed by atoms with Gasteiger partial charge in [0.15, 0.2) is 11.6 Å². The Labute approximate surface area is 246 Å². The van der Waals surface area contributed by atoms with E-state index in [4.69, 9.17) is 9.84 Å². The van der Waals surface area contributed by atoms with Gasteiger partial charge in [-0.05, 0) is 73.8 Å². The van der Waals surface area contributed by atoms with Gasteiger partial charge in [0, 0.05) is 30.1 Å². The molecule has 0 radical (unpaired) electrons. The third-order valence-electron chi connectivity index (χ3n) is 10.0. The molecule has 234 valence electrons. The molecule has 2 N–H and O–H groups in total. The van der Waals surface area contributed by atoms with Crippen molar-refractivity contribution in [1.82, 2.24) is 0 Å². The highest BCUT2D eigenvalue weighted by atomic mass is 16.9. The van der Waals surface area contributed by atoms with Crippen molar-refractivity contribution in [2.75, 3.05) is 13.2 Å². The first-order chi connectivity index (χ1) is 19.7. The average Bonchev–Trinajstić information content (AvgIpc) is 3.18. The number of aliphatic hydroxyl groups is 1. The number of ether oxygens (including phenoxy) is 1. The maximum atomic E-state index is 13.3. The van der Waals surface area contributed by atoms with Crippen molar-refractivity contribution in [2.45, 2.75) is 91.6 Å². The van der Waals surface area contributed by atoms with Crippen LogP contribution in [0.25, 0.3) is 0 Å². The van der Waals surface area contributed by atoms with E-state index in [-0.39, 0.29) is 72.6 Å². The van der Waals surface area contributed by atoms with Crippen LogP contribution in [0.1, 0.15) is 85.5 Å². The minimum absolute atomic E-state index is 0.00481. The van der Waals surface area contributed by atoms with Crippen molar-refractivity contribution in [3.8, 4) is 0 Å². The number of ketones is 2. The second kappa shape index (κ2) is 13.9. The predicted molar refractivity (Wildman–Crippen MR) is 151 cm³/mol. The van der Waals surface area contributed by atoms with Crippen molar-refractivity contribution in [3.63, 3.8) is 0 Å². The monoisotopic (exact) mass is 591 g/mol.